The number of sulfonamides is 1. The van der Waals surface area contributed by atoms with Gasteiger partial charge in [0.25, 0.3) is 10.0 Å². The van der Waals surface area contributed by atoms with Crippen LogP contribution in [0.4, 0.5) is 6.01 Å². The van der Waals surface area contributed by atoms with Crippen LogP contribution in [0.3, 0.4) is 0 Å². The lowest BCUT2D eigenvalue weighted by Gasteiger charge is -2.06. The molecule has 134 valence electrons. The van der Waals surface area contributed by atoms with Crippen molar-refractivity contribution in [2.24, 2.45) is 5.92 Å². The molecule has 1 fully saturated rings. The molecule has 1 aliphatic carbocycles. The van der Waals surface area contributed by atoms with E-state index >= 15 is 0 Å². The standard InChI is InChI=1S/C17H21N3O4S/c1-11-8-13-10-14(6-7-15(13)23-11)25(21,22)20-17-19-18-16(24-17)9-12-4-2-3-5-12/h6-7,10-12H,2-5,8-9H2,1H3,(H,19,20). The second kappa shape index (κ2) is 6.33. The van der Waals surface area contributed by atoms with Crippen LogP contribution >= 0.6 is 0 Å². The second-order valence-electron chi connectivity index (χ2n) is 6.86. The summed E-state index contributed by atoms with van der Waals surface area (Å²) in [5.74, 6) is 1.78. The fourth-order valence-corrected chi connectivity index (χ4v) is 4.55. The maximum absolute atomic E-state index is 12.6. The molecule has 1 N–H and O–H groups in total. The van der Waals surface area contributed by atoms with Gasteiger partial charge in [-0.1, -0.05) is 17.9 Å². The Balaban J connectivity index is 1.48. The minimum atomic E-state index is -3.77. The zero-order valence-electron chi connectivity index (χ0n) is 14.1. The zero-order valence-corrected chi connectivity index (χ0v) is 14.9. The van der Waals surface area contributed by atoms with Crippen LogP contribution in [-0.4, -0.2) is 24.7 Å². The molecule has 0 spiro atoms. The minimum Gasteiger partial charge on any atom is -0.490 e. The first-order chi connectivity index (χ1) is 12.0. The molecule has 0 amide bonds. The number of nitrogens with one attached hydrogen (secondary N) is 1. The number of nitrogens with zero attached hydrogens (tertiary/aromatic N) is 2. The Morgan fingerprint density at radius 1 is 1.24 bits per heavy atom. The third kappa shape index (κ3) is 3.49. The number of benzene rings is 1. The van der Waals surface area contributed by atoms with E-state index in [1.807, 2.05) is 6.92 Å². The van der Waals surface area contributed by atoms with Crippen molar-refractivity contribution in [1.82, 2.24) is 10.2 Å². The van der Waals surface area contributed by atoms with Gasteiger partial charge < -0.3 is 9.15 Å². The molecule has 1 atom stereocenters. The van der Waals surface area contributed by atoms with Gasteiger partial charge in [-0.25, -0.2) is 13.1 Å². The van der Waals surface area contributed by atoms with E-state index in [2.05, 4.69) is 14.9 Å². The number of hydrogen-bond donors (Lipinski definition) is 1. The molecule has 0 radical (unpaired) electrons. The Labute approximate surface area is 146 Å². The van der Waals surface area contributed by atoms with Crippen LogP contribution in [0, 0.1) is 5.92 Å². The van der Waals surface area contributed by atoms with Gasteiger partial charge in [-0.05, 0) is 49.4 Å². The third-order valence-corrected chi connectivity index (χ3v) is 6.12. The Morgan fingerprint density at radius 2 is 2.04 bits per heavy atom. The summed E-state index contributed by atoms with van der Waals surface area (Å²) in [5.41, 5.74) is 0.892. The smallest absolute Gasteiger partial charge is 0.329 e. The lowest BCUT2D eigenvalue weighted by atomic mass is 10.0. The van der Waals surface area contributed by atoms with Gasteiger partial charge in [-0.2, -0.15) is 0 Å². The van der Waals surface area contributed by atoms with E-state index in [1.165, 1.54) is 31.7 Å². The third-order valence-electron chi connectivity index (χ3n) is 4.80. The summed E-state index contributed by atoms with van der Waals surface area (Å²) in [6, 6.07) is 4.76. The van der Waals surface area contributed by atoms with Crippen molar-refractivity contribution in [3.05, 3.63) is 29.7 Å². The van der Waals surface area contributed by atoms with E-state index in [0.717, 1.165) is 11.3 Å². The van der Waals surface area contributed by atoms with Gasteiger partial charge in [0.2, 0.25) is 5.89 Å². The number of fused-ring (bicyclic) bond motifs is 1. The number of rotatable bonds is 5. The van der Waals surface area contributed by atoms with Crippen molar-refractivity contribution in [1.29, 1.82) is 0 Å². The highest BCUT2D eigenvalue weighted by Gasteiger charge is 2.24. The van der Waals surface area contributed by atoms with E-state index in [1.54, 1.807) is 12.1 Å². The van der Waals surface area contributed by atoms with Crippen molar-refractivity contribution in [2.75, 3.05) is 4.72 Å². The molecule has 25 heavy (non-hydrogen) atoms. The number of aromatic nitrogens is 2. The summed E-state index contributed by atoms with van der Waals surface area (Å²) in [6.07, 6.45) is 6.28. The molecule has 1 aromatic heterocycles. The monoisotopic (exact) mass is 363 g/mol. The Morgan fingerprint density at radius 3 is 2.84 bits per heavy atom. The van der Waals surface area contributed by atoms with Crippen LogP contribution in [0.25, 0.3) is 0 Å². The Bertz CT molecular complexity index is 872. The van der Waals surface area contributed by atoms with Gasteiger partial charge in [0.05, 0.1) is 4.90 Å². The van der Waals surface area contributed by atoms with Gasteiger partial charge in [0.15, 0.2) is 0 Å². The van der Waals surface area contributed by atoms with E-state index in [9.17, 15) is 8.42 Å². The largest absolute Gasteiger partial charge is 0.490 e. The molecule has 4 rings (SSSR count). The zero-order chi connectivity index (χ0) is 17.4. The van der Waals surface area contributed by atoms with Gasteiger partial charge in [0, 0.05) is 12.8 Å². The van der Waals surface area contributed by atoms with Crippen LogP contribution in [0.15, 0.2) is 27.5 Å². The topological polar surface area (TPSA) is 94.3 Å². The SMILES string of the molecule is CC1Cc2cc(S(=O)(=O)Nc3nnc(CC4CCCC4)o3)ccc2O1. The highest BCUT2D eigenvalue weighted by Crippen LogP contribution is 2.31. The molecular weight excluding hydrogens is 342 g/mol. The van der Waals surface area contributed by atoms with Crippen LogP contribution in [-0.2, 0) is 22.9 Å². The molecule has 8 heteroatoms. The summed E-state index contributed by atoms with van der Waals surface area (Å²) in [6.45, 7) is 1.96. The average Bonchev–Trinajstić information content (AvgIpc) is 3.27. The first-order valence-electron chi connectivity index (χ1n) is 8.64. The average molecular weight is 363 g/mol. The van der Waals surface area contributed by atoms with Crippen molar-refractivity contribution in [3.63, 3.8) is 0 Å². The number of ether oxygens (including phenoxy) is 1. The molecule has 2 heterocycles. The Hall–Kier alpha value is -2.09. The van der Waals surface area contributed by atoms with Gasteiger partial charge in [-0.15, -0.1) is 5.10 Å². The van der Waals surface area contributed by atoms with Gasteiger partial charge in [-0.3, -0.25) is 0 Å². The normalized spacial score (nSPS) is 20.4. The van der Waals surface area contributed by atoms with Crippen molar-refractivity contribution in [2.45, 2.75) is 56.4 Å². The first kappa shape index (κ1) is 16.4. The summed E-state index contributed by atoms with van der Waals surface area (Å²) in [7, 11) is -3.77. The molecule has 7 nitrogen and oxygen atoms in total. The van der Waals surface area contributed by atoms with E-state index in [4.69, 9.17) is 9.15 Å². The van der Waals surface area contributed by atoms with Crippen LogP contribution in [0.5, 0.6) is 5.75 Å². The fraction of sp³-hybridized carbons (Fsp3) is 0.529. The molecule has 1 unspecified atom stereocenters. The van der Waals surface area contributed by atoms with Crippen molar-refractivity contribution >= 4 is 16.0 Å². The number of anilines is 1. The predicted octanol–water partition coefficient (Wildman–Crippen LogP) is 2.93. The molecular formula is C17H21N3O4S. The molecule has 2 aliphatic rings. The second-order valence-corrected chi connectivity index (χ2v) is 8.55. The molecule has 1 saturated carbocycles. The van der Waals surface area contributed by atoms with Crippen LogP contribution in [0.2, 0.25) is 0 Å². The molecule has 1 aromatic carbocycles. The summed E-state index contributed by atoms with van der Waals surface area (Å²) in [5, 5.41) is 7.78. The van der Waals surface area contributed by atoms with Gasteiger partial charge in [0.1, 0.15) is 11.9 Å². The molecule has 1 aliphatic heterocycles. The quantitative estimate of drug-likeness (QED) is 0.878. The lowest BCUT2D eigenvalue weighted by Crippen LogP contribution is -2.13. The van der Waals surface area contributed by atoms with E-state index < -0.39 is 10.0 Å². The highest BCUT2D eigenvalue weighted by molar-refractivity contribution is 7.92. The minimum absolute atomic E-state index is 0.0648. The van der Waals surface area contributed by atoms with E-state index in [0.29, 0.717) is 24.7 Å². The summed E-state index contributed by atoms with van der Waals surface area (Å²) in [4.78, 5) is 0.166. The van der Waals surface area contributed by atoms with Crippen molar-refractivity contribution in [3.8, 4) is 5.75 Å². The van der Waals surface area contributed by atoms with E-state index in [-0.39, 0.29) is 17.0 Å². The van der Waals surface area contributed by atoms with Crippen LogP contribution < -0.4 is 9.46 Å². The molecule has 0 bridgehead atoms. The summed E-state index contributed by atoms with van der Waals surface area (Å²) < 4.78 is 38.6. The van der Waals surface area contributed by atoms with Crippen LogP contribution in [0.1, 0.15) is 44.1 Å². The Kier molecular flexibility index (Phi) is 4.15. The fourth-order valence-electron chi connectivity index (χ4n) is 3.58. The maximum Gasteiger partial charge on any atom is 0.329 e. The highest BCUT2D eigenvalue weighted by atomic mass is 32.2. The lowest BCUT2D eigenvalue weighted by molar-refractivity contribution is 0.254. The number of hydrogen-bond acceptors (Lipinski definition) is 6. The first-order valence-corrected chi connectivity index (χ1v) is 10.1. The molecule has 2 aromatic rings. The maximum atomic E-state index is 12.6. The predicted molar refractivity (Wildman–Crippen MR) is 91.0 cm³/mol. The van der Waals surface area contributed by atoms with Crippen molar-refractivity contribution < 1.29 is 17.6 Å². The summed E-state index contributed by atoms with van der Waals surface area (Å²) >= 11 is 0. The molecule has 0 saturated heterocycles. The van der Waals surface area contributed by atoms with Gasteiger partial charge >= 0.3 is 6.01 Å².